The number of fused-ring (bicyclic) bond motifs is 1. The highest BCUT2D eigenvalue weighted by molar-refractivity contribution is 6.43. The van der Waals surface area contributed by atoms with Crippen LogP contribution in [-0.2, 0) is 0 Å². The maximum absolute atomic E-state index is 6.37. The van der Waals surface area contributed by atoms with Gasteiger partial charge in [-0.05, 0) is 49.7 Å². The molecule has 3 nitrogen and oxygen atoms in total. The molecule has 1 aliphatic heterocycles. The smallest absolute Gasteiger partial charge is 0.0825 e. The number of hydrogen-bond acceptors (Lipinski definition) is 3. The fourth-order valence-electron chi connectivity index (χ4n) is 4.99. The molecule has 2 N–H and O–H groups in total. The summed E-state index contributed by atoms with van der Waals surface area (Å²) in [4.78, 5) is 5.06. The van der Waals surface area contributed by atoms with Gasteiger partial charge in [0, 0.05) is 38.3 Å². The van der Waals surface area contributed by atoms with Crippen molar-refractivity contribution in [1.29, 1.82) is 0 Å². The SMILES string of the molecule is NC1CC2CC(N3CCN(c4cccc(Cl)c4Cl)CC3)CC2C1. The quantitative estimate of drug-likeness (QED) is 0.880. The normalized spacial score (nSPS) is 34.8. The topological polar surface area (TPSA) is 32.5 Å². The van der Waals surface area contributed by atoms with E-state index in [4.69, 9.17) is 28.9 Å². The van der Waals surface area contributed by atoms with Crippen molar-refractivity contribution >= 4 is 28.9 Å². The molecule has 1 aromatic carbocycles. The summed E-state index contributed by atoms with van der Waals surface area (Å²) in [7, 11) is 0. The van der Waals surface area contributed by atoms with Crippen molar-refractivity contribution in [1.82, 2.24) is 4.90 Å². The summed E-state index contributed by atoms with van der Waals surface area (Å²) >= 11 is 12.5. The van der Waals surface area contributed by atoms with Crippen molar-refractivity contribution in [3.8, 4) is 0 Å². The zero-order chi connectivity index (χ0) is 16.0. The third-order valence-corrected chi connectivity index (χ3v) is 6.94. The highest BCUT2D eigenvalue weighted by atomic mass is 35.5. The Morgan fingerprint density at radius 2 is 1.57 bits per heavy atom. The Labute approximate surface area is 148 Å². The van der Waals surface area contributed by atoms with Crippen molar-refractivity contribution in [2.75, 3.05) is 31.1 Å². The zero-order valence-corrected chi connectivity index (χ0v) is 14.9. The van der Waals surface area contributed by atoms with E-state index in [1.54, 1.807) is 0 Å². The van der Waals surface area contributed by atoms with E-state index in [0.29, 0.717) is 16.1 Å². The first-order chi connectivity index (χ1) is 11.1. The maximum atomic E-state index is 6.37. The van der Waals surface area contributed by atoms with E-state index in [-0.39, 0.29) is 0 Å². The summed E-state index contributed by atoms with van der Waals surface area (Å²) in [6.45, 7) is 4.31. The predicted octanol–water partition coefficient (Wildman–Crippen LogP) is 3.63. The molecule has 5 heteroatoms. The Hall–Kier alpha value is -0.480. The van der Waals surface area contributed by atoms with Crippen LogP contribution in [0.1, 0.15) is 25.7 Å². The number of anilines is 1. The molecule has 126 valence electrons. The molecule has 1 aromatic rings. The summed E-state index contributed by atoms with van der Waals surface area (Å²) in [5.41, 5.74) is 7.19. The van der Waals surface area contributed by atoms with Crippen molar-refractivity contribution in [2.24, 2.45) is 17.6 Å². The third kappa shape index (κ3) is 3.09. The number of hydrogen-bond donors (Lipinski definition) is 1. The summed E-state index contributed by atoms with van der Waals surface area (Å²) in [5, 5.41) is 1.33. The van der Waals surface area contributed by atoms with Crippen LogP contribution in [0.5, 0.6) is 0 Å². The summed E-state index contributed by atoms with van der Waals surface area (Å²) in [5.74, 6) is 1.77. The first-order valence-electron chi connectivity index (χ1n) is 8.80. The van der Waals surface area contributed by atoms with Gasteiger partial charge in [0.2, 0.25) is 0 Å². The Morgan fingerprint density at radius 3 is 2.22 bits per heavy atom. The number of benzene rings is 1. The molecule has 0 spiro atoms. The van der Waals surface area contributed by atoms with E-state index in [2.05, 4.69) is 15.9 Å². The molecule has 1 saturated heterocycles. The molecule has 0 bridgehead atoms. The van der Waals surface area contributed by atoms with Gasteiger partial charge in [0.05, 0.1) is 15.7 Å². The lowest BCUT2D eigenvalue weighted by atomic mass is 10.0. The van der Waals surface area contributed by atoms with E-state index in [9.17, 15) is 0 Å². The van der Waals surface area contributed by atoms with Gasteiger partial charge in [0.15, 0.2) is 0 Å². The molecule has 2 aliphatic carbocycles. The van der Waals surface area contributed by atoms with Gasteiger partial charge in [-0.15, -0.1) is 0 Å². The average Bonchev–Trinajstić information content (AvgIpc) is 3.07. The minimum Gasteiger partial charge on any atom is -0.368 e. The minimum absolute atomic E-state index is 0.466. The first-order valence-corrected chi connectivity index (χ1v) is 9.56. The van der Waals surface area contributed by atoms with Crippen LogP contribution >= 0.6 is 23.2 Å². The van der Waals surface area contributed by atoms with E-state index in [0.717, 1.165) is 49.7 Å². The number of nitrogens with two attached hydrogens (primary N) is 1. The predicted molar refractivity (Wildman–Crippen MR) is 97.5 cm³/mol. The van der Waals surface area contributed by atoms with Gasteiger partial charge in [-0.1, -0.05) is 29.3 Å². The van der Waals surface area contributed by atoms with Gasteiger partial charge in [0.1, 0.15) is 0 Å². The fourth-order valence-corrected chi connectivity index (χ4v) is 5.41. The van der Waals surface area contributed by atoms with Gasteiger partial charge in [-0.25, -0.2) is 0 Å². The molecule has 2 saturated carbocycles. The number of nitrogens with zero attached hydrogens (tertiary/aromatic N) is 2. The van der Waals surface area contributed by atoms with Crippen molar-refractivity contribution in [2.45, 2.75) is 37.8 Å². The van der Waals surface area contributed by atoms with Crippen LogP contribution in [0.2, 0.25) is 10.0 Å². The largest absolute Gasteiger partial charge is 0.368 e. The second kappa shape index (κ2) is 6.44. The van der Waals surface area contributed by atoms with E-state index >= 15 is 0 Å². The molecular formula is C18H25Cl2N3. The van der Waals surface area contributed by atoms with Crippen LogP contribution in [0, 0.1) is 11.8 Å². The van der Waals surface area contributed by atoms with Crippen LogP contribution in [0.15, 0.2) is 18.2 Å². The summed E-state index contributed by atoms with van der Waals surface area (Å²) in [6.07, 6.45) is 5.21. The van der Waals surface area contributed by atoms with Gasteiger partial charge >= 0.3 is 0 Å². The Balaban J connectivity index is 1.36. The second-order valence-corrected chi connectivity index (χ2v) is 8.26. The van der Waals surface area contributed by atoms with Crippen LogP contribution < -0.4 is 10.6 Å². The highest BCUT2D eigenvalue weighted by Gasteiger charge is 2.42. The summed E-state index contributed by atoms with van der Waals surface area (Å²) in [6, 6.07) is 7.15. The molecule has 3 aliphatic rings. The molecule has 3 fully saturated rings. The third-order valence-electron chi connectivity index (χ3n) is 6.13. The number of rotatable bonds is 2. The maximum Gasteiger partial charge on any atom is 0.0825 e. The summed E-state index contributed by atoms with van der Waals surface area (Å²) < 4.78 is 0. The first kappa shape index (κ1) is 16.0. The molecular weight excluding hydrogens is 329 g/mol. The Kier molecular flexibility index (Phi) is 4.48. The Bertz CT molecular complexity index is 557. The van der Waals surface area contributed by atoms with Gasteiger partial charge in [-0.2, -0.15) is 0 Å². The monoisotopic (exact) mass is 353 g/mol. The van der Waals surface area contributed by atoms with E-state index in [1.165, 1.54) is 25.7 Å². The lowest BCUT2D eigenvalue weighted by molar-refractivity contribution is 0.179. The van der Waals surface area contributed by atoms with Crippen molar-refractivity contribution in [3.05, 3.63) is 28.2 Å². The second-order valence-electron chi connectivity index (χ2n) is 7.47. The molecule has 2 atom stereocenters. The fraction of sp³-hybridized carbons (Fsp3) is 0.667. The molecule has 0 aromatic heterocycles. The van der Waals surface area contributed by atoms with Gasteiger partial charge in [0.25, 0.3) is 0 Å². The number of piperazine rings is 1. The van der Waals surface area contributed by atoms with Crippen LogP contribution in [0.4, 0.5) is 5.69 Å². The molecule has 4 rings (SSSR count). The molecule has 0 amide bonds. The van der Waals surface area contributed by atoms with Crippen LogP contribution in [-0.4, -0.2) is 43.2 Å². The highest BCUT2D eigenvalue weighted by Crippen LogP contribution is 2.45. The standard InChI is InChI=1S/C18H25Cl2N3/c19-16-2-1-3-17(18(16)20)23-6-4-22(5-7-23)15-10-12-8-14(21)9-13(12)11-15/h1-3,12-15H,4-11,21H2. The Morgan fingerprint density at radius 1 is 0.913 bits per heavy atom. The molecule has 0 radical (unpaired) electrons. The zero-order valence-electron chi connectivity index (χ0n) is 13.4. The van der Waals surface area contributed by atoms with E-state index in [1.807, 2.05) is 12.1 Å². The van der Waals surface area contributed by atoms with Gasteiger partial charge < -0.3 is 10.6 Å². The van der Waals surface area contributed by atoms with Crippen LogP contribution in [0.3, 0.4) is 0 Å². The van der Waals surface area contributed by atoms with Gasteiger partial charge in [-0.3, -0.25) is 4.90 Å². The lowest BCUT2D eigenvalue weighted by Gasteiger charge is -2.39. The van der Waals surface area contributed by atoms with Crippen molar-refractivity contribution < 1.29 is 0 Å². The molecule has 1 heterocycles. The molecule has 2 unspecified atom stereocenters. The number of halogens is 2. The molecule has 23 heavy (non-hydrogen) atoms. The van der Waals surface area contributed by atoms with Crippen molar-refractivity contribution in [3.63, 3.8) is 0 Å². The lowest BCUT2D eigenvalue weighted by Crippen LogP contribution is -2.50. The van der Waals surface area contributed by atoms with E-state index < -0.39 is 0 Å². The average molecular weight is 354 g/mol. The minimum atomic E-state index is 0.466. The van der Waals surface area contributed by atoms with Crippen LogP contribution in [0.25, 0.3) is 0 Å².